The van der Waals surface area contributed by atoms with Crippen molar-refractivity contribution in [1.82, 2.24) is 0 Å². The van der Waals surface area contributed by atoms with E-state index in [0.29, 0.717) is 0 Å². The van der Waals surface area contributed by atoms with Gasteiger partial charge in [-0.05, 0) is 23.7 Å². The van der Waals surface area contributed by atoms with Gasteiger partial charge < -0.3 is 10.2 Å². The van der Waals surface area contributed by atoms with Crippen molar-refractivity contribution in [1.29, 1.82) is 0 Å². The Kier molecular flexibility index (Phi) is 4.46. The highest BCUT2D eigenvalue weighted by Crippen LogP contribution is 2.33. The van der Waals surface area contributed by atoms with Crippen molar-refractivity contribution < 1.29 is 14.6 Å². The number of hydrogen-bond donors (Lipinski definition) is 2. The Hall–Kier alpha value is -0.713. The summed E-state index contributed by atoms with van der Waals surface area (Å²) >= 11 is 0. The van der Waals surface area contributed by atoms with Crippen molar-refractivity contribution in [3.05, 3.63) is 35.6 Å². The second kappa shape index (κ2) is 5.29. The Labute approximate surface area is 103 Å². The lowest BCUT2D eigenvalue weighted by Crippen LogP contribution is -2.41. The Morgan fingerprint density at radius 3 is 1.88 bits per heavy atom. The van der Waals surface area contributed by atoms with Gasteiger partial charge in [0.2, 0.25) is 0 Å². The molecule has 0 aliphatic heterocycles. The van der Waals surface area contributed by atoms with Gasteiger partial charge in [-0.15, -0.1) is 0 Å². The van der Waals surface area contributed by atoms with Crippen LogP contribution in [0.3, 0.4) is 0 Å². The number of aliphatic hydroxyl groups is 2. The van der Waals surface area contributed by atoms with Crippen LogP contribution >= 0.6 is 0 Å². The molecule has 0 fully saturated rings. The smallest absolute Gasteiger partial charge is 0.123 e. The highest BCUT2D eigenvalue weighted by atomic mass is 28.3. The molecule has 17 heavy (non-hydrogen) atoms. The maximum Gasteiger partial charge on any atom is 0.123 e. The second-order valence-electron chi connectivity index (χ2n) is 5.84. The van der Waals surface area contributed by atoms with E-state index < -0.39 is 13.5 Å². The average Bonchev–Trinajstić information content (AvgIpc) is 2.26. The fourth-order valence-corrected chi connectivity index (χ4v) is 4.72. The monoisotopic (exact) mass is 256 g/mol. The number of rotatable bonds is 5. The van der Waals surface area contributed by atoms with Gasteiger partial charge in [-0.3, -0.25) is 0 Å². The van der Waals surface area contributed by atoms with Crippen molar-refractivity contribution in [2.75, 3.05) is 13.2 Å². The van der Waals surface area contributed by atoms with E-state index in [9.17, 15) is 14.6 Å². The molecule has 0 atom stereocenters. The molecular formula is C13H21FO2Si. The van der Waals surface area contributed by atoms with E-state index in [4.69, 9.17) is 0 Å². The SMILES string of the molecule is C[Si](C)(C)CC(CO)(CO)c1ccc(F)cc1. The Balaban J connectivity index is 3.10. The summed E-state index contributed by atoms with van der Waals surface area (Å²) in [7, 11) is -1.44. The third-order valence-electron chi connectivity index (χ3n) is 2.93. The lowest BCUT2D eigenvalue weighted by atomic mass is 9.84. The summed E-state index contributed by atoms with van der Waals surface area (Å²) < 4.78 is 12.9. The van der Waals surface area contributed by atoms with Crippen LogP contribution < -0.4 is 0 Å². The fourth-order valence-electron chi connectivity index (χ4n) is 2.27. The zero-order valence-corrected chi connectivity index (χ0v) is 11.7. The molecule has 0 spiro atoms. The molecule has 0 bridgehead atoms. The molecule has 0 amide bonds. The maximum atomic E-state index is 12.9. The lowest BCUT2D eigenvalue weighted by molar-refractivity contribution is 0.128. The summed E-state index contributed by atoms with van der Waals surface area (Å²) in [6.07, 6.45) is 0. The number of hydrogen-bond acceptors (Lipinski definition) is 2. The zero-order chi connectivity index (χ0) is 13.1. The molecule has 2 nitrogen and oxygen atoms in total. The average molecular weight is 256 g/mol. The molecule has 0 aliphatic carbocycles. The van der Waals surface area contributed by atoms with Gasteiger partial charge in [0.05, 0.1) is 13.2 Å². The van der Waals surface area contributed by atoms with E-state index in [1.54, 1.807) is 12.1 Å². The third kappa shape index (κ3) is 3.62. The van der Waals surface area contributed by atoms with Crippen molar-refractivity contribution in [3.8, 4) is 0 Å². The highest BCUT2D eigenvalue weighted by molar-refractivity contribution is 6.76. The summed E-state index contributed by atoms with van der Waals surface area (Å²) in [4.78, 5) is 0. The van der Waals surface area contributed by atoms with Crippen LogP contribution in [-0.4, -0.2) is 31.5 Å². The zero-order valence-electron chi connectivity index (χ0n) is 10.7. The topological polar surface area (TPSA) is 40.5 Å². The quantitative estimate of drug-likeness (QED) is 0.794. The first-order valence-corrected chi connectivity index (χ1v) is 9.51. The summed E-state index contributed by atoms with van der Waals surface area (Å²) in [6, 6.07) is 6.84. The summed E-state index contributed by atoms with van der Waals surface area (Å²) in [5, 5.41) is 19.3. The standard InChI is InChI=1S/C13H21FO2Si/c1-17(2,3)10-13(8-15,9-16)11-4-6-12(14)7-5-11/h4-7,15-16H,8-10H2,1-3H3. The van der Waals surface area contributed by atoms with Gasteiger partial charge in [-0.25, -0.2) is 4.39 Å². The summed E-state index contributed by atoms with van der Waals surface area (Å²) in [6.45, 7) is 6.35. The number of benzene rings is 1. The van der Waals surface area contributed by atoms with E-state index in [-0.39, 0.29) is 19.0 Å². The van der Waals surface area contributed by atoms with Gasteiger partial charge in [-0.1, -0.05) is 31.8 Å². The van der Waals surface area contributed by atoms with Crippen LogP contribution in [0, 0.1) is 5.82 Å². The van der Waals surface area contributed by atoms with Crippen molar-refractivity contribution in [2.24, 2.45) is 0 Å². The van der Waals surface area contributed by atoms with Gasteiger partial charge in [0.1, 0.15) is 5.82 Å². The molecule has 96 valence electrons. The summed E-state index contributed by atoms with van der Waals surface area (Å²) in [5.74, 6) is -0.300. The minimum absolute atomic E-state index is 0.112. The molecule has 4 heteroatoms. The largest absolute Gasteiger partial charge is 0.395 e. The molecule has 1 aromatic carbocycles. The molecule has 0 unspecified atom stereocenters. The van der Waals surface area contributed by atoms with Crippen LogP contribution in [0.15, 0.2) is 24.3 Å². The maximum absolute atomic E-state index is 12.9. The van der Waals surface area contributed by atoms with Crippen LogP contribution in [-0.2, 0) is 5.41 Å². The van der Waals surface area contributed by atoms with Crippen molar-refractivity contribution in [2.45, 2.75) is 31.1 Å². The number of halogens is 1. The molecule has 0 radical (unpaired) electrons. The molecule has 1 aromatic rings. The molecule has 0 heterocycles. The molecule has 2 N–H and O–H groups in total. The predicted octanol–water partition coefficient (Wildman–Crippen LogP) is 2.39. The predicted molar refractivity (Wildman–Crippen MR) is 70.4 cm³/mol. The molecule has 0 aromatic heterocycles. The van der Waals surface area contributed by atoms with E-state index >= 15 is 0 Å². The second-order valence-corrected chi connectivity index (χ2v) is 11.3. The molecule has 1 rings (SSSR count). The molecule has 0 saturated carbocycles. The van der Waals surface area contributed by atoms with E-state index in [0.717, 1.165) is 11.6 Å². The highest BCUT2D eigenvalue weighted by Gasteiger charge is 2.36. The molecule has 0 saturated heterocycles. The minimum atomic E-state index is -1.44. The summed E-state index contributed by atoms with van der Waals surface area (Å²) in [5.41, 5.74) is 0.171. The molecular weight excluding hydrogens is 235 g/mol. The Bertz CT molecular complexity index is 353. The van der Waals surface area contributed by atoms with Gasteiger partial charge in [0.15, 0.2) is 0 Å². The van der Waals surface area contributed by atoms with E-state index in [2.05, 4.69) is 19.6 Å². The first-order valence-electron chi connectivity index (χ1n) is 5.81. The van der Waals surface area contributed by atoms with Crippen LogP contribution in [0.4, 0.5) is 4.39 Å². The third-order valence-corrected chi connectivity index (χ3v) is 4.67. The minimum Gasteiger partial charge on any atom is -0.395 e. The van der Waals surface area contributed by atoms with Gasteiger partial charge >= 0.3 is 0 Å². The van der Waals surface area contributed by atoms with Gasteiger partial charge in [-0.2, -0.15) is 0 Å². The normalized spacial score (nSPS) is 12.8. The first kappa shape index (κ1) is 14.3. The van der Waals surface area contributed by atoms with Gasteiger partial charge in [0, 0.05) is 13.5 Å². The molecule has 0 aliphatic rings. The van der Waals surface area contributed by atoms with Crippen LogP contribution in [0.2, 0.25) is 25.7 Å². The van der Waals surface area contributed by atoms with E-state index in [1.807, 2.05) is 0 Å². The number of aliphatic hydroxyl groups excluding tert-OH is 2. The van der Waals surface area contributed by atoms with Crippen LogP contribution in [0.5, 0.6) is 0 Å². The van der Waals surface area contributed by atoms with Gasteiger partial charge in [0.25, 0.3) is 0 Å². The Morgan fingerprint density at radius 2 is 1.53 bits per heavy atom. The lowest BCUT2D eigenvalue weighted by Gasteiger charge is -2.35. The van der Waals surface area contributed by atoms with Crippen LogP contribution in [0.25, 0.3) is 0 Å². The van der Waals surface area contributed by atoms with Crippen molar-refractivity contribution in [3.63, 3.8) is 0 Å². The Morgan fingerprint density at radius 1 is 1.06 bits per heavy atom. The fraction of sp³-hybridized carbons (Fsp3) is 0.538. The van der Waals surface area contributed by atoms with Crippen LogP contribution in [0.1, 0.15) is 5.56 Å². The van der Waals surface area contributed by atoms with E-state index in [1.165, 1.54) is 12.1 Å². The first-order chi connectivity index (χ1) is 7.83. The van der Waals surface area contributed by atoms with Crippen molar-refractivity contribution >= 4 is 8.07 Å².